The molecule has 0 atom stereocenters. The Kier molecular flexibility index (Phi) is 8.18. The van der Waals surface area contributed by atoms with Crippen molar-refractivity contribution in [1.82, 2.24) is 0 Å². The SMILES string of the molecule is CCCCCCCCN=Cc1cc(C(C)(C)C)cc(C(C)(C)C)c1O. The van der Waals surface area contributed by atoms with Gasteiger partial charge in [0.25, 0.3) is 0 Å². The number of phenols is 1. The van der Waals surface area contributed by atoms with E-state index in [0.717, 1.165) is 24.1 Å². The van der Waals surface area contributed by atoms with Crippen LogP contribution >= 0.6 is 0 Å². The van der Waals surface area contributed by atoms with Gasteiger partial charge in [-0.2, -0.15) is 0 Å². The summed E-state index contributed by atoms with van der Waals surface area (Å²) in [7, 11) is 0. The Morgan fingerprint density at radius 2 is 1.48 bits per heavy atom. The van der Waals surface area contributed by atoms with E-state index >= 15 is 0 Å². The predicted molar refractivity (Wildman–Crippen MR) is 111 cm³/mol. The van der Waals surface area contributed by atoms with Crippen molar-refractivity contribution in [3.05, 3.63) is 28.8 Å². The van der Waals surface area contributed by atoms with Crippen LogP contribution in [-0.2, 0) is 10.8 Å². The number of nitrogens with zero attached hydrogens (tertiary/aromatic N) is 1. The fourth-order valence-electron chi connectivity index (χ4n) is 2.91. The molecular formula is C23H39NO. The van der Waals surface area contributed by atoms with Crippen LogP contribution in [-0.4, -0.2) is 17.9 Å². The molecule has 0 spiro atoms. The predicted octanol–water partition coefficient (Wildman–Crippen LogP) is 6.77. The monoisotopic (exact) mass is 345 g/mol. The van der Waals surface area contributed by atoms with Gasteiger partial charge in [0.15, 0.2) is 0 Å². The van der Waals surface area contributed by atoms with E-state index < -0.39 is 0 Å². The molecule has 0 radical (unpaired) electrons. The van der Waals surface area contributed by atoms with E-state index in [9.17, 15) is 5.11 Å². The molecule has 2 nitrogen and oxygen atoms in total. The first-order chi connectivity index (χ1) is 11.6. The molecule has 0 aliphatic carbocycles. The number of rotatable bonds is 8. The topological polar surface area (TPSA) is 32.6 Å². The molecule has 0 unspecified atom stereocenters. The minimum absolute atomic E-state index is 0.0512. The average Bonchev–Trinajstić information content (AvgIpc) is 2.49. The Morgan fingerprint density at radius 3 is 2.04 bits per heavy atom. The molecule has 1 aromatic rings. The molecule has 0 heterocycles. The van der Waals surface area contributed by atoms with E-state index in [2.05, 4.69) is 65.6 Å². The number of phenolic OH excluding ortho intramolecular Hbond substituents is 1. The van der Waals surface area contributed by atoms with E-state index in [1.54, 1.807) is 0 Å². The minimum Gasteiger partial charge on any atom is -0.507 e. The van der Waals surface area contributed by atoms with Crippen LogP contribution in [0.4, 0.5) is 0 Å². The van der Waals surface area contributed by atoms with Crippen molar-refractivity contribution in [3.63, 3.8) is 0 Å². The zero-order valence-corrected chi connectivity index (χ0v) is 17.6. The van der Waals surface area contributed by atoms with Crippen LogP contribution in [0.3, 0.4) is 0 Å². The van der Waals surface area contributed by atoms with E-state index in [1.807, 2.05) is 6.21 Å². The van der Waals surface area contributed by atoms with Crippen LogP contribution in [0.25, 0.3) is 0 Å². The summed E-state index contributed by atoms with van der Waals surface area (Å²) in [4.78, 5) is 4.58. The molecule has 25 heavy (non-hydrogen) atoms. The average molecular weight is 346 g/mol. The molecular weight excluding hydrogens is 306 g/mol. The van der Waals surface area contributed by atoms with Crippen LogP contribution in [0, 0.1) is 0 Å². The summed E-state index contributed by atoms with van der Waals surface area (Å²) >= 11 is 0. The van der Waals surface area contributed by atoms with Gasteiger partial charge in [-0.3, -0.25) is 4.99 Å². The number of hydrogen-bond donors (Lipinski definition) is 1. The second-order valence-electron chi connectivity index (χ2n) is 9.26. The maximum absolute atomic E-state index is 10.7. The lowest BCUT2D eigenvalue weighted by Crippen LogP contribution is -2.17. The van der Waals surface area contributed by atoms with E-state index in [4.69, 9.17) is 0 Å². The third-order valence-electron chi connectivity index (χ3n) is 4.68. The van der Waals surface area contributed by atoms with Crippen molar-refractivity contribution < 1.29 is 5.11 Å². The number of unbranched alkanes of at least 4 members (excludes halogenated alkanes) is 5. The van der Waals surface area contributed by atoms with Crippen LogP contribution in [0.15, 0.2) is 17.1 Å². The lowest BCUT2D eigenvalue weighted by molar-refractivity contribution is 0.444. The van der Waals surface area contributed by atoms with Crippen molar-refractivity contribution in [2.75, 3.05) is 6.54 Å². The van der Waals surface area contributed by atoms with Crippen molar-refractivity contribution >= 4 is 6.21 Å². The molecule has 1 N–H and O–H groups in total. The Labute approximate surface area is 155 Å². The Balaban J connectivity index is 2.86. The van der Waals surface area contributed by atoms with E-state index in [-0.39, 0.29) is 10.8 Å². The number of benzene rings is 1. The van der Waals surface area contributed by atoms with Crippen LogP contribution < -0.4 is 0 Å². The number of aliphatic imine (C=N–C) groups is 1. The largest absolute Gasteiger partial charge is 0.507 e. The first kappa shape index (κ1) is 21.7. The normalized spacial score (nSPS) is 12.9. The molecule has 1 rings (SSSR count). The highest BCUT2D eigenvalue weighted by molar-refractivity contribution is 5.85. The fourth-order valence-corrected chi connectivity index (χ4v) is 2.91. The maximum Gasteiger partial charge on any atom is 0.128 e. The molecule has 0 aliphatic rings. The van der Waals surface area contributed by atoms with Gasteiger partial charge >= 0.3 is 0 Å². The van der Waals surface area contributed by atoms with E-state index in [0.29, 0.717) is 5.75 Å². The van der Waals surface area contributed by atoms with Gasteiger partial charge in [0.05, 0.1) is 0 Å². The fraction of sp³-hybridized carbons (Fsp3) is 0.696. The van der Waals surface area contributed by atoms with Crippen LogP contribution in [0.2, 0.25) is 0 Å². The van der Waals surface area contributed by atoms with Crippen molar-refractivity contribution in [2.45, 2.75) is 97.8 Å². The zero-order chi connectivity index (χ0) is 19.1. The van der Waals surface area contributed by atoms with Crippen LogP contribution in [0.5, 0.6) is 5.75 Å². The Bertz CT molecular complexity index is 559. The zero-order valence-electron chi connectivity index (χ0n) is 17.6. The Hall–Kier alpha value is -1.31. The Morgan fingerprint density at radius 1 is 0.880 bits per heavy atom. The first-order valence-corrected chi connectivity index (χ1v) is 9.95. The summed E-state index contributed by atoms with van der Waals surface area (Å²) in [5.41, 5.74) is 3.06. The lowest BCUT2D eigenvalue weighted by atomic mass is 9.79. The molecule has 0 saturated carbocycles. The van der Waals surface area contributed by atoms with Gasteiger partial charge in [0, 0.05) is 23.9 Å². The molecule has 0 fully saturated rings. The third kappa shape index (κ3) is 7.22. The van der Waals surface area contributed by atoms with Crippen molar-refractivity contribution in [2.24, 2.45) is 4.99 Å². The van der Waals surface area contributed by atoms with Gasteiger partial charge < -0.3 is 5.11 Å². The number of hydrogen-bond acceptors (Lipinski definition) is 2. The second kappa shape index (κ2) is 9.40. The lowest BCUT2D eigenvalue weighted by Gasteiger charge is -2.27. The van der Waals surface area contributed by atoms with Gasteiger partial charge in [-0.25, -0.2) is 0 Å². The highest BCUT2D eigenvalue weighted by atomic mass is 16.3. The van der Waals surface area contributed by atoms with Gasteiger partial charge in [0.2, 0.25) is 0 Å². The summed E-state index contributed by atoms with van der Waals surface area (Å²) < 4.78 is 0. The molecule has 0 amide bonds. The smallest absolute Gasteiger partial charge is 0.128 e. The standard InChI is InChI=1S/C23H39NO/c1-8-9-10-11-12-13-14-24-17-18-15-19(22(2,3)4)16-20(21(18)25)23(5,6)7/h15-17,25H,8-14H2,1-7H3. The van der Waals surface area contributed by atoms with Crippen LogP contribution in [0.1, 0.15) is 104 Å². The van der Waals surface area contributed by atoms with Gasteiger partial charge in [-0.15, -0.1) is 0 Å². The summed E-state index contributed by atoms with van der Waals surface area (Å²) in [5, 5.41) is 10.7. The highest BCUT2D eigenvalue weighted by Crippen LogP contribution is 2.37. The molecule has 142 valence electrons. The molecule has 0 saturated heterocycles. The summed E-state index contributed by atoms with van der Waals surface area (Å²) in [6.45, 7) is 16.2. The highest BCUT2D eigenvalue weighted by Gasteiger charge is 2.24. The minimum atomic E-state index is -0.0901. The summed E-state index contributed by atoms with van der Waals surface area (Å²) in [6.07, 6.45) is 9.52. The van der Waals surface area contributed by atoms with E-state index in [1.165, 1.54) is 37.7 Å². The molecule has 0 aliphatic heterocycles. The van der Waals surface area contributed by atoms with Gasteiger partial charge in [-0.1, -0.05) is 86.6 Å². The van der Waals surface area contributed by atoms with Gasteiger partial charge in [0.1, 0.15) is 5.75 Å². The summed E-state index contributed by atoms with van der Waals surface area (Å²) in [6, 6.07) is 4.25. The summed E-state index contributed by atoms with van der Waals surface area (Å²) in [5.74, 6) is 0.382. The van der Waals surface area contributed by atoms with Crippen molar-refractivity contribution in [3.8, 4) is 5.75 Å². The maximum atomic E-state index is 10.7. The second-order valence-corrected chi connectivity index (χ2v) is 9.26. The third-order valence-corrected chi connectivity index (χ3v) is 4.68. The molecule has 0 bridgehead atoms. The molecule has 0 aromatic heterocycles. The quantitative estimate of drug-likeness (QED) is 0.409. The van der Waals surface area contributed by atoms with Crippen molar-refractivity contribution in [1.29, 1.82) is 0 Å². The number of aromatic hydroxyl groups is 1. The first-order valence-electron chi connectivity index (χ1n) is 9.95. The van der Waals surface area contributed by atoms with Gasteiger partial charge in [-0.05, 0) is 28.9 Å². The molecule has 1 aromatic carbocycles. The molecule has 2 heteroatoms.